The first-order chi connectivity index (χ1) is 14.1. The van der Waals surface area contributed by atoms with E-state index in [1.54, 1.807) is 29.9 Å². The van der Waals surface area contributed by atoms with E-state index in [0.717, 1.165) is 62.8 Å². The topological polar surface area (TPSA) is 76.9 Å². The predicted molar refractivity (Wildman–Crippen MR) is 130 cm³/mol. The van der Waals surface area contributed by atoms with Crippen molar-refractivity contribution < 1.29 is 4.74 Å². The Hall–Kier alpha value is -2.00. The maximum Gasteiger partial charge on any atom is 0.150 e. The van der Waals surface area contributed by atoms with E-state index in [0.29, 0.717) is 17.7 Å². The number of fused-ring (bicyclic) bond motifs is 3. The summed E-state index contributed by atoms with van der Waals surface area (Å²) in [4.78, 5) is 16.4. The van der Waals surface area contributed by atoms with Gasteiger partial charge in [0.25, 0.3) is 0 Å². The van der Waals surface area contributed by atoms with Gasteiger partial charge in [-0.25, -0.2) is 15.0 Å². The average Bonchev–Trinajstić information content (AvgIpc) is 3.34. The lowest BCUT2D eigenvalue weighted by molar-refractivity contribution is 0.261. The maximum atomic E-state index is 5.93. The molecule has 0 saturated carbocycles. The molecular formula is C20H21Cl3N6OS. The monoisotopic (exact) mass is 498 g/mol. The van der Waals surface area contributed by atoms with Gasteiger partial charge < -0.3 is 9.64 Å². The van der Waals surface area contributed by atoms with E-state index in [2.05, 4.69) is 37.0 Å². The van der Waals surface area contributed by atoms with Crippen LogP contribution < -0.4 is 9.64 Å². The summed E-state index contributed by atoms with van der Waals surface area (Å²) in [6.45, 7) is 6.53. The van der Waals surface area contributed by atoms with E-state index in [4.69, 9.17) is 16.3 Å². The van der Waals surface area contributed by atoms with Crippen LogP contribution in [0.1, 0.15) is 17.7 Å². The van der Waals surface area contributed by atoms with Crippen LogP contribution in [0.3, 0.4) is 0 Å². The molecule has 11 heteroatoms. The molecule has 1 fully saturated rings. The van der Waals surface area contributed by atoms with Crippen LogP contribution in [-0.4, -0.2) is 44.8 Å². The van der Waals surface area contributed by atoms with Crippen molar-refractivity contribution in [3.63, 3.8) is 0 Å². The van der Waals surface area contributed by atoms with Gasteiger partial charge in [-0.15, -0.1) is 41.2 Å². The summed E-state index contributed by atoms with van der Waals surface area (Å²) in [5, 5.41) is 10.2. The van der Waals surface area contributed by atoms with Gasteiger partial charge in [0.15, 0.2) is 0 Å². The van der Waals surface area contributed by atoms with Crippen molar-refractivity contribution in [2.75, 3.05) is 24.6 Å². The average molecular weight is 500 g/mol. The highest BCUT2D eigenvalue weighted by Crippen LogP contribution is 2.39. The van der Waals surface area contributed by atoms with Gasteiger partial charge in [-0.1, -0.05) is 11.6 Å². The predicted octanol–water partition coefficient (Wildman–Crippen LogP) is 5.05. The molecule has 1 atom stereocenters. The van der Waals surface area contributed by atoms with E-state index in [1.807, 2.05) is 13.0 Å². The van der Waals surface area contributed by atoms with Crippen LogP contribution in [0.4, 0.5) is 5.82 Å². The van der Waals surface area contributed by atoms with Gasteiger partial charge in [0, 0.05) is 36.7 Å². The molecule has 164 valence electrons. The lowest BCUT2D eigenvalue weighted by Gasteiger charge is -2.18. The fourth-order valence-electron chi connectivity index (χ4n) is 3.75. The molecule has 5 rings (SSSR count). The number of pyridine rings is 1. The standard InChI is InChI=1S/C20H19ClN6OS.2ClH/c1-11-12(2)25-26-20-16(11)17-18(29-20)19(24-10-23-17)27-6-4-13(8-27)9-28-14-3-5-22-15(21)7-14;;/h3,5,7,10,13H,4,6,8-9H2,1-2H3;2*1H. The highest BCUT2D eigenvalue weighted by molar-refractivity contribution is 7.26. The summed E-state index contributed by atoms with van der Waals surface area (Å²) in [7, 11) is 0. The normalized spacial score (nSPS) is 15.7. The summed E-state index contributed by atoms with van der Waals surface area (Å²) in [6.07, 6.45) is 4.36. The van der Waals surface area contributed by atoms with Crippen LogP contribution in [0, 0.1) is 19.8 Å². The SMILES string of the molecule is Cc1nnc2sc3c(N4CCC(COc5ccnc(Cl)c5)C4)ncnc3c2c1C.Cl.Cl. The van der Waals surface area contributed by atoms with Gasteiger partial charge >= 0.3 is 0 Å². The third-order valence-electron chi connectivity index (χ3n) is 5.41. The Bertz CT molecular complexity index is 1220. The molecule has 0 amide bonds. The fourth-order valence-corrected chi connectivity index (χ4v) is 5.06. The Morgan fingerprint density at radius 1 is 1.19 bits per heavy atom. The van der Waals surface area contributed by atoms with E-state index in [1.165, 1.54) is 0 Å². The quantitative estimate of drug-likeness (QED) is 0.364. The van der Waals surface area contributed by atoms with E-state index in [-0.39, 0.29) is 24.8 Å². The van der Waals surface area contributed by atoms with Crippen molar-refractivity contribution in [3.8, 4) is 5.75 Å². The number of thiophene rings is 1. The van der Waals surface area contributed by atoms with Crippen LogP contribution in [0.15, 0.2) is 24.7 Å². The zero-order valence-electron chi connectivity index (χ0n) is 16.9. The molecule has 0 spiro atoms. The third-order valence-corrected chi connectivity index (χ3v) is 6.68. The number of ether oxygens (including phenoxy) is 1. The van der Waals surface area contributed by atoms with E-state index in [9.17, 15) is 0 Å². The molecule has 4 aromatic heterocycles. The minimum Gasteiger partial charge on any atom is -0.493 e. The molecule has 31 heavy (non-hydrogen) atoms. The van der Waals surface area contributed by atoms with Crippen molar-refractivity contribution >= 4 is 74.0 Å². The smallest absolute Gasteiger partial charge is 0.150 e. The number of rotatable bonds is 4. The first kappa shape index (κ1) is 23.7. The highest BCUT2D eigenvalue weighted by Gasteiger charge is 2.27. The van der Waals surface area contributed by atoms with E-state index >= 15 is 0 Å². The Balaban J connectivity index is 0.00000136. The highest BCUT2D eigenvalue weighted by atomic mass is 35.5. The zero-order chi connectivity index (χ0) is 20.0. The van der Waals surface area contributed by atoms with Crippen LogP contribution in [0.2, 0.25) is 5.15 Å². The van der Waals surface area contributed by atoms with Crippen LogP contribution in [0.5, 0.6) is 5.75 Å². The summed E-state index contributed by atoms with van der Waals surface area (Å²) < 4.78 is 7.00. The number of hydrogen-bond acceptors (Lipinski definition) is 8. The Labute approximate surface area is 201 Å². The van der Waals surface area contributed by atoms with Gasteiger partial charge in [-0.2, -0.15) is 5.10 Å². The molecule has 7 nitrogen and oxygen atoms in total. The van der Waals surface area contributed by atoms with Gasteiger partial charge in [-0.05, 0) is 31.9 Å². The molecule has 0 aliphatic carbocycles. The summed E-state index contributed by atoms with van der Waals surface area (Å²) in [6, 6.07) is 3.57. The molecule has 0 radical (unpaired) electrons. The lowest BCUT2D eigenvalue weighted by atomic mass is 10.1. The van der Waals surface area contributed by atoms with Crippen molar-refractivity contribution in [3.05, 3.63) is 41.1 Å². The number of hydrogen-bond donors (Lipinski definition) is 0. The second-order valence-electron chi connectivity index (χ2n) is 7.29. The Kier molecular flexibility index (Phi) is 7.36. The number of nitrogens with zero attached hydrogens (tertiary/aromatic N) is 6. The maximum absolute atomic E-state index is 5.93. The molecule has 0 aromatic carbocycles. The minimum absolute atomic E-state index is 0. The number of anilines is 1. The first-order valence-corrected chi connectivity index (χ1v) is 10.7. The molecule has 1 unspecified atom stereocenters. The van der Waals surface area contributed by atoms with Gasteiger partial charge in [0.2, 0.25) is 0 Å². The number of aryl methyl sites for hydroxylation is 2. The Morgan fingerprint density at radius 3 is 2.84 bits per heavy atom. The van der Waals surface area contributed by atoms with Crippen molar-refractivity contribution in [2.24, 2.45) is 5.92 Å². The second-order valence-corrected chi connectivity index (χ2v) is 8.68. The summed E-state index contributed by atoms with van der Waals surface area (Å²) >= 11 is 7.55. The van der Waals surface area contributed by atoms with Crippen molar-refractivity contribution in [2.45, 2.75) is 20.3 Å². The summed E-state index contributed by atoms with van der Waals surface area (Å²) in [5.41, 5.74) is 3.04. The van der Waals surface area contributed by atoms with Gasteiger partial charge in [0.05, 0.1) is 22.5 Å². The molecule has 1 aliphatic rings. The molecule has 0 bridgehead atoms. The third kappa shape index (κ3) is 4.48. The minimum atomic E-state index is 0. The van der Waals surface area contributed by atoms with Crippen molar-refractivity contribution in [1.82, 2.24) is 25.1 Å². The van der Waals surface area contributed by atoms with Gasteiger partial charge in [0.1, 0.15) is 27.9 Å². The molecular weight excluding hydrogens is 479 g/mol. The van der Waals surface area contributed by atoms with Crippen LogP contribution in [0.25, 0.3) is 20.4 Å². The molecule has 1 aliphatic heterocycles. The van der Waals surface area contributed by atoms with Crippen LogP contribution >= 0.6 is 47.8 Å². The van der Waals surface area contributed by atoms with Crippen molar-refractivity contribution in [1.29, 1.82) is 0 Å². The molecule has 1 saturated heterocycles. The molecule has 4 aromatic rings. The largest absolute Gasteiger partial charge is 0.493 e. The van der Waals surface area contributed by atoms with Crippen LogP contribution in [-0.2, 0) is 0 Å². The molecule has 5 heterocycles. The summed E-state index contributed by atoms with van der Waals surface area (Å²) in [5.74, 6) is 2.15. The first-order valence-electron chi connectivity index (χ1n) is 9.46. The van der Waals surface area contributed by atoms with Gasteiger partial charge in [-0.3, -0.25) is 0 Å². The van der Waals surface area contributed by atoms with E-state index < -0.39 is 0 Å². The lowest BCUT2D eigenvalue weighted by Crippen LogP contribution is -2.22. The fraction of sp³-hybridized carbons (Fsp3) is 0.350. The number of halogens is 3. The Morgan fingerprint density at radius 2 is 2.03 bits per heavy atom. The second kappa shape index (κ2) is 9.65. The number of aromatic nitrogens is 5. The zero-order valence-corrected chi connectivity index (χ0v) is 20.1. The molecule has 0 N–H and O–H groups in total.